The fraction of sp³-hybridized carbons (Fsp3) is 0.941. The summed E-state index contributed by atoms with van der Waals surface area (Å²) in [6.45, 7) is 14.4. The van der Waals surface area contributed by atoms with Crippen molar-refractivity contribution in [2.75, 3.05) is 26.2 Å². The number of aliphatic hydroxyl groups excluding tert-OH is 1. The molecule has 22 heavy (non-hydrogen) atoms. The van der Waals surface area contributed by atoms with Crippen LogP contribution in [0.4, 0.5) is 4.79 Å². The van der Waals surface area contributed by atoms with Crippen LogP contribution in [-0.4, -0.2) is 54.0 Å². The van der Waals surface area contributed by atoms with Gasteiger partial charge in [-0.15, -0.1) is 0 Å². The van der Waals surface area contributed by atoms with E-state index in [0.717, 1.165) is 32.5 Å². The van der Waals surface area contributed by atoms with Crippen LogP contribution in [-0.2, 0) is 4.74 Å². The number of rotatable bonds is 5. The maximum Gasteiger partial charge on any atom is 0.410 e. The largest absolute Gasteiger partial charge is 0.444 e. The SMILES string of the molecule is CC(NCC(C)(C)CO)C1CCCN(C(=O)OC(C)(C)C)C1. The van der Waals surface area contributed by atoms with Crippen molar-refractivity contribution in [3.05, 3.63) is 0 Å². The van der Waals surface area contributed by atoms with Gasteiger partial charge in [0.2, 0.25) is 0 Å². The smallest absolute Gasteiger partial charge is 0.410 e. The third-order valence-corrected chi connectivity index (χ3v) is 4.15. The number of piperidine rings is 1. The van der Waals surface area contributed by atoms with Crippen LogP contribution in [0.2, 0.25) is 0 Å². The number of amides is 1. The Balaban J connectivity index is 2.50. The van der Waals surface area contributed by atoms with E-state index in [4.69, 9.17) is 4.74 Å². The molecule has 1 aliphatic rings. The van der Waals surface area contributed by atoms with Crippen LogP contribution in [0, 0.1) is 11.3 Å². The number of nitrogens with zero attached hydrogens (tertiary/aromatic N) is 1. The van der Waals surface area contributed by atoms with E-state index in [-0.39, 0.29) is 18.1 Å². The van der Waals surface area contributed by atoms with Crippen molar-refractivity contribution in [1.82, 2.24) is 10.2 Å². The summed E-state index contributed by atoms with van der Waals surface area (Å²) >= 11 is 0. The second-order valence-corrected chi connectivity index (χ2v) is 8.32. The van der Waals surface area contributed by atoms with Gasteiger partial charge in [-0.1, -0.05) is 13.8 Å². The van der Waals surface area contributed by atoms with E-state index in [1.54, 1.807) is 0 Å². The molecule has 0 spiro atoms. The Kier molecular flexibility index (Phi) is 6.68. The Morgan fingerprint density at radius 2 is 2.00 bits per heavy atom. The van der Waals surface area contributed by atoms with E-state index >= 15 is 0 Å². The first kappa shape index (κ1) is 19.2. The van der Waals surface area contributed by atoms with Crippen molar-refractivity contribution < 1.29 is 14.6 Å². The molecule has 2 N–H and O–H groups in total. The first-order valence-electron chi connectivity index (χ1n) is 8.36. The van der Waals surface area contributed by atoms with Gasteiger partial charge in [-0.2, -0.15) is 0 Å². The molecule has 0 saturated carbocycles. The first-order chi connectivity index (χ1) is 10.0. The third kappa shape index (κ3) is 6.53. The predicted molar refractivity (Wildman–Crippen MR) is 88.9 cm³/mol. The molecular weight excluding hydrogens is 280 g/mol. The summed E-state index contributed by atoms with van der Waals surface area (Å²) in [5.41, 5.74) is -0.563. The molecule has 2 atom stereocenters. The maximum absolute atomic E-state index is 12.2. The molecule has 1 aliphatic heterocycles. The molecule has 5 heteroatoms. The van der Waals surface area contributed by atoms with Gasteiger partial charge in [0, 0.05) is 37.7 Å². The van der Waals surface area contributed by atoms with E-state index in [1.807, 2.05) is 39.5 Å². The number of ether oxygens (including phenoxy) is 1. The summed E-state index contributed by atoms with van der Waals surface area (Å²) in [5.74, 6) is 0.427. The second-order valence-electron chi connectivity index (χ2n) is 8.32. The average Bonchev–Trinajstić information content (AvgIpc) is 2.43. The molecule has 0 aliphatic carbocycles. The van der Waals surface area contributed by atoms with Gasteiger partial charge >= 0.3 is 6.09 Å². The highest BCUT2D eigenvalue weighted by Crippen LogP contribution is 2.22. The molecule has 0 aromatic carbocycles. The zero-order valence-electron chi connectivity index (χ0n) is 15.1. The molecule has 1 amide bonds. The molecule has 0 aromatic rings. The number of likely N-dealkylation sites (tertiary alicyclic amines) is 1. The van der Waals surface area contributed by atoms with Crippen LogP contribution < -0.4 is 5.32 Å². The monoisotopic (exact) mass is 314 g/mol. The van der Waals surface area contributed by atoms with Gasteiger partial charge < -0.3 is 20.1 Å². The number of hydrogen-bond acceptors (Lipinski definition) is 4. The number of carbonyl (C=O) groups excluding carboxylic acids is 1. The number of hydrogen-bond donors (Lipinski definition) is 2. The normalized spacial score (nSPS) is 21.6. The quantitative estimate of drug-likeness (QED) is 0.819. The summed E-state index contributed by atoms with van der Waals surface area (Å²) in [6.07, 6.45) is 1.92. The van der Waals surface area contributed by atoms with Crippen LogP contribution in [0.1, 0.15) is 54.4 Å². The predicted octanol–water partition coefficient (Wildman–Crippen LogP) is 2.63. The van der Waals surface area contributed by atoms with E-state index in [0.29, 0.717) is 12.0 Å². The minimum absolute atomic E-state index is 0.117. The van der Waals surface area contributed by atoms with Gasteiger partial charge in [-0.25, -0.2) is 4.79 Å². The van der Waals surface area contributed by atoms with Crippen LogP contribution >= 0.6 is 0 Å². The average molecular weight is 314 g/mol. The summed E-state index contributed by atoms with van der Waals surface area (Å²) < 4.78 is 5.47. The number of carbonyl (C=O) groups is 1. The lowest BCUT2D eigenvalue weighted by molar-refractivity contribution is 0.0145. The van der Waals surface area contributed by atoms with Crippen molar-refractivity contribution in [2.24, 2.45) is 11.3 Å². The summed E-state index contributed by atoms with van der Waals surface area (Å²) in [5, 5.41) is 12.8. The molecule has 0 bridgehead atoms. The lowest BCUT2D eigenvalue weighted by atomic mass is 9.89. The van der Waals surface area contributed by atoms with Gasteiger partial charge in [0.15, 0.2) is 0 Å². The molecular formula is C17H34N2O3. The molecule has 1 fully saturated rings. The maximum atomic E-state index is 12.2. The van der Waals surface area contributed by atoms with Gasteiger partial charge in [0.1, 0.15) is 5.60 Å². The molecule has 2 unspecified atom stereocenters. The molecule has 130 valence electrons. The van der Waals surface area contributed by atoms with Gasteiger partial charge in [0.25, 0.3) is 0 Å². The van der Waals surface area contributed by atoms with E-state index in [2.05, 4.69) is 12.2 Å². The van der Waals surface area contributed by atoms with Crippen LogP contribution in [0.15, 0.2) is 0 Å². The lowest BCUT2D eigenvalue weighted by Crippen LogP contribution is -2.49. The molecule has 5 nitrogen and oxygen atoms in total. The van der Waals surface area contributed by atoms with Crippen LogP contribution in [0.25, 0.3) is 0 Å². The Bertz CT molecular complexity index is 363. The van der Waals surface area contributed by atoms with Gasteiger partial charge in [-0.05, 0) is 46.5 Å². The minimum Gasteiger partial charge on any atom is -0.444 e. The Morgan fingerprint density at radius 3 is 2.55 bits per heavy atom. The summed E-state index contributed by atoms with van der Waals surface area (Å²) in [7, 11) is 0. The highest BCUT2D eigenvalue weighted by molar-refractivity contribution is 5.68. The molecule has 1 heterocycles. The highest BCUT2D eigenvalue weighted by atomic mass is 16.6. The van der Waals surface area contributed by atoms with Crippen molar-refractivity contribution >= 4 is 6.09 Å². The molecule has 1 saturated heterocycles. The summed E-state index contributed by atoms with van der Waals surface area (Å²) in [4.78, 5) is 14.0. The second kappa shape index (κ2) is 7.64. The highest BCUT2D eigenvalue weighted by Gasteiger charge is 2.30. The third-order valence-electron chi connectivity index (χ3n) is 4.15. The van der Waals surface area contributed by atoms with Crippen molar-refractivity contribution in [2.45, 2.75) is 66.0 Å². The topological polar surface area (TPSA) is 61.8 Å². The Morgan fingerprint density at radius 1 is 1.36 bits per heavy atom. The Hall–Kier alpha value is -0.810. The van der Waals surface area contributed by atoms with Gasteiger partial charge in [0.05, 0.1) is 0 Å². The van der Waals surface area contributed by atoms with Crippen molar-refractivity contribution in [3.63, 3.8) is 0 Å². The van der Waals surface area contributed by atoms with Gasteiger partial charge in [-0.3, -0.25) is 0 Å². The molecule has 0 radical (unpaired) electrons. The molecule has 0 aromatic heterocycles. The zero-order chi connectivity index (χ0) is 17.0. The lowest BCUT2D eigenvalue weighted by Gasteiger charge is -2.37. The number of nitrogens with one attached hydrogen (secondary N) is 1. The van der Waals surface area contributed by atoms with E-state index in [1.165, 1.54) is 0 Å². The van der Waals surface area contributed by atoms with Crippen molar-refractivity contribution in [1.29, 1.82) is 0 Å². The standard InChI is InChI=1S/C17H34N2O3/c1-13(18-11-17(5,6)12-20)14-8-7-9-19(10-14)15(21)22-16(2,3)4/h13-14,18,20H,7-12H2,1-6H3. The first-order valence-corrected chi connectivity index (χ1v) is 8.36. The van der Waals surface area contributed by atoms with Crippen LogP contribution in [0.5, 0.6) is 0 Å². The van der Waals surface area contributed by atoms with E-state index < -0.39 is 5.60 Å². The zero-order valence-corrected chi connectivity index (χ0v) is 15.1. The van der Waals surface area contributed by atoms with E-state index in [9.17, 15) is 9.90 Å². The van der Waals surface area contributed by atoms with Crippen molar-refractivity contribution in [3.8, 4) is 0 Å². The Labute approximate surface area is 135 Å². The summed E-state index contributed by atoms with van der Waals surface area (Å²) in [6, 6.07) is 0.316. The van der Waals surface area contributed by atoms with Crippen LogP contribution in [0.3, 0.4) is 0 Å². The fourth-order valence-corrected chi connectivity index (χ4v) is 2.57. The fourth-order valence-electron chi connectivity index (χ4n) is 2.57. The minimum atomic E-state index is -0.445. The molecule has 1 rings (SSSR count). The number of aliphatic hydroxyl groups is 1.